The monoisotopic (exact) mass is 350 g/mol. The molecule has 1 aromatic rings. The predicted molar refractivity (Wildman–Crippen MR) is 86.3 cm³/mol. The Hall–Kier alpha value is -2.81. The first-order valence-corrected chi connectivity index (χ1v) is 7.61. The van der Waals surface area contributed by atoms with Gasteiger partial charge in [-0.25, -0.2) is 0 Å². The number of para-hydroxylation sites is 1. The van der Waals surface area contributed by atoms with E-state index in [1.807, 2.05) is 0 Å². The lowest BCUT2D eigenvalue weighted by Crippen LogP contribution is -2.41. The van der Waals surface area contributed by atoms with E-state index in [9.17, 15) is 19.2 Å². The first-order chi connectivity index (χ1) is 11.4. The third kappa shape index (κ3) is 4.13. The van der Waals surface area contributed by atoms with Crippen LogP contribution >= 0.6 is 11.8 Å². The molecule has 1 aliphatic rings. The zero-order chi connectivity index (χ0) is 17.7. The highest BCUT2D eigenvalue weighted by Crippen LogP contribution is 2.33. The molecule has 24 heavy (non-hydrogen) atoms. The van der Waals surface area contributed by atoms with Crippen molar-refractivity contribution in [3.05, 3.63) is 34.7 Å². The number of thioether (sulfide) groups is 1. The van der Waals surface area contributed by atoms with Crippen LogP contribution in [0.2, 0.25) is 0 Å². The summed E-state index contributed by atoms with van der Waals surface area (Å²) in [6.45, 7) is -1.10. The summed E-state index contributed by atoms with van der Waals surface area (Å²) in [5.41, 5.74) is 0.626. The fraction of sp³-hybridized carbons (Fsp3) is 0.200. The number of carbonyl (C=O) groups is 4. The third-order valence-electron chi connectivity index (χ3n) is 3.04. The number of carbonyl (C=O) groups excluding carboxylic acids is 3. The molecule has 1 heterocycles. The van der Waals surface area contributed by atoms with Gasteiger partial charge in [0, 0.05) is 5.56 Å². The van der Waals surface area contributed by atoms with Gasteiger partial charge in [-0.2, -0.15) is 0 Å². The summed E-state index contributed by atoms with van der Waals surface area (Å²) in [7, 11) is 1.49. The number of carboxylic acid groups (broad SMARTS) is 1. The van der Waals surface area contributed by atoms with E-state index in [4.69, 9.17) is 9.84 Å². The summed E-state index contributed by atoms with van der Waals surface area (Å²) in [4.78, 5) is 47.1. The van der Waals surface area contributed by atoms with Crippen LogP contribution in [0.5, 0.6) is 5.75 Å². The maximum Gasteiger partial charge on any atom is 0.322 e. The van der Waals surface area contributed by atoms with E-state index >= 15 is 0 Å². The average Bonchev–Trinajstić information content (AvgIpc) is 2.81. The summed E-state index contributed by atoms with van der Waals surface area (Å²) in [6, 6.07) is 6.98. The predicted octanol–water partition coefficient (Wildman–Crippen LogP) is 0.932. The van der Waals surface area contributed by atoms with Gasteiger partial charge in [-0.1, -0.05) is 18.2 Å². The van der Waals surface area contributed by atoms with Crippen molar-refractivity contribution < 1.29 is 29.0 Å². The van der Waals surface area contributed by atoms with E-state index in [0.717, 1.165) is 4.90 Å². The smallest absolute Gasteiger partial charge is 0.322 e. The number of benzene rings is 1. The number of ether oxygens (including phenoxy) is 1. The van der Waals surface area contributed by atoms with Crippen molar-refractivity contribution in [3.63, 3.8) is 0 Å². The molecule has 2 N–H and O–H groups in total. The normalized spacial score (nSPS) is 15.7. The molecule has 1 aromatic carbocycles. The summed E-state index contributed by atoms with van der Waals surface area (Å²) in [5.74, 6) is -2.00. The molecule has 126 valence electrons. The van der Waals surface area contributed by atoms with Crippen molar-refractivity contribution in [3.8, 4) is 5.75 Å². The van der Waals surface area contributed by atoms with Crippen LogP contribution in [0.15, 0.2) is 29.2 Å². The number of methoxy groups -OCH3 is 1. The van der Waals surface area contributed by atoms with Crippen LogP contribution in [0, 0.1) is 0 Å². The Kier molecular flexibility index (Phi) is 5.59. The molecule has 8 nitrogen and oxygen atoms in total. The molecule has 0 aliphatic carbocycles. The van der Waals surface area contributed by atoms with Crippen LogP contribution in [0.3, 0.4) is 0 Å². The zero-order valence-corrected chi connectivity index (χ0v) is 13.5. The molecule has 0 saturated carbocycles. The number of carboxylic acids is 1. The Bertz CT molecular complexity index is 730. The molecular formula is C15H14N2O6S. The van der Waals surface area contributed by atoms with Gasteiger partial charge in [0.05, 0.1) is 12.0 Å². The van der Waals surface area contributed by atoms with Crippen LogP contribution in [0.1, 0.15) is 5.56 Å². The Morgan fingerprint density at radius 1 is 1.33 bits per heavy atom. The second kappa shape index (κ2) is 7.64. The van der Waals surface area contributed by atoms with Crippen molar-refractivity contribution in [2.45, 2.75) is 0 Å². The van der Waals surface area contributed by atoms with E-state index in [2.05, 4.69) is 5.32 Å². The Morgan fingerprint density at radius 2 is 2.04 bits per heavy atom. The summed E-state index contributed by atoms with van der Waals surface area (Å²) in [5, 5.41) is 10.0. The summed E-state index contributed by atoms with van der Waals surface area (Å²) in [6.07, 6.45) is 1.51. The molecule has 0 atom stereocenters. The molecule has 2 rings (SSSR count). The molecule has 0 aromatic heterocycles. The van der Waals surface area contributed by atoms with Crippen LogP contribution in [0.4, 0.5) is 4.79 Å². The Morgan fingerprint density at radius 3 is 2.71 bits per heavy atom. The van der Waals surface area contributed by atoms with Gasteiger partial charge in [0.25, 0.3) is 11.1 Å². The second-order valence-corrected chi connectivity index (χ2v) is 5.67. The highest BCUT2D eigenvalue weighted by Gasteiger charge is 2.36. The Labute approximate surface area is 141 Å². The van der Waals surface area contributed by atoms with Crippen LogP contribution in [-0.2, 0) is 14.4 Å². The van der Waals surface area contributed by atoms with Crippen LogP contribution in [0.25, 0.3) is 6.08 Å². The number of hydrogen-bond donors (Lipinski definition) is 2. The van der Waals surface area contributed by atoms with Gasteiger partial charge < -0.3 is 15.2 Å². The Balaban J connectivity index is 2.12. The summed E-state index contributed by atoms with van der Waals surface area (Å²) < 4.78 is 5.18. The van der Waals surface area contributed by atoms with Gasteiger partial charge in [0.15, 0.2) is 0 Å². The molecule has 9 heteroatoms. The van der Waals surface area contributed by atoms with Crippen molar-refractivity contribution in [2.75, 3.05) is 20.2 Å². The molecule has 1 aliphatic heterocycles. The minimum absolute atomic E-state index is 0.163. The molecule has 0 radical (unpaired) electrons. The van der Waals surface area contributed by atoms with Crippen molar-refractivity contribution >= 4 is 40.9 Å². The van der Waals surface area contributed by atoms with Gasteiger partial charge in [-0.15, -0.1) is 0 Å². The maximum absolute atomic E-state index is 12.3. The quantitative estimate of drug-likeness (QED) is 0.734. The number of aliphatic carboxylic acids is 1. The zero-order valence-electron chi connectivity index (χ0n) is 12.6. The van der Waals surface area contributed by atoms with E-state index in [-0.39, 0.29) is 4.91 Å². The number of rotatable bonds is 6. The first kappa shape index (κ1) is 17.5. The molecule has 0 bridgehead atoms. The lowest BCUT2D eigenvalue weighted by molar-refractivity contribution is -0.138. The minimum atomic E-state index is -1.21. The number of amides is 3. The second-order valence-electron chi connectivity index (χ2n) is 4.68. The number of imide groups is 1. The topological polar surface area (TPSA) is 113 Å². The van der Waals surface area contributed by atoms with E-state index in [1.54, 1.807) is 24.3 Å². The van der Waals surface area contributed by atoms with Gasteiger partial charge in [-0.05, 0) is 23.9 Å². The molecule has 1 saturated heterocycles. The molecule has 0 spiro atoms. The van der Waals surface area contributed by atoms with Crippen molar-refractivity contribution in [2.24, 2.45) is 0 Å². The molecule has 3 amide bonds. The fourth-order valence-electron chi connectivity index (χ4n) is 1.94. The SMILES string of the molecule is COc1ccccc1/C=C1\SC(=O)N(CC(=O)NCC(=O)O)C1=O. The lowest BCUT2D eigenvalue weighted by atomic mass is 10.2. The van der Waals surface area contributed by atoms with Crippen molar-refractivity contribution in [1.82, 2.24) is 10.2 Å². The van der Waals surface area contributed by atoms with Gasteiger partial charge in [0.1, 0.15) is 18.8 Å². The third-order valence-corrected chi connectivity index (χ3v) is 3.95. The molecular weight excluding hydrogens is 336 g/mol. The van der Waals surface area contributed by atoms with Crippen LogP contribution < -0.4 is 10.1 Å². The van der Waals surface area contributed by atoms with Gasteiger partial charge in [-0.3, -0.25) is 24.1 Å². The minimum Gasteiger partial charge on any atom is -0.496 e. The molecule has 1 fully saturated rings. The van der Waals surface area contributed by atoms with Crippen molar-refractivity contribution in [1.29, 1.82) is 0 Å². The van der Waals surface area contributed by atoms with E-state index < -0.39 is 36.1 Å². The number of nitrogens with zero attached hydrogens (tertiary/aromatic N) is 1. The van der Waals surface area contributed by atoms with E-state index in [1.165, 1.54) is 13.2 Å². The van der Waals surface area contributed by atoms with Gasteiger partial charge >= 0.3 is 5.97 Å². The maximum atomic E-state index is 12.3. The average molecular weight is 350 g/mol. The number of nitrogens with one attached hydrogen (secondary N) is 1. The lowest BCUT2D eigenvalue weighted by Gasteiger charge is -2.11. The highest BCUT2D eigenvalue weighted by atomic mass is 32.2. The van der Waals surface area contributed by atoms with Gasteiger partial charge in [0.2, 0.25) is 5.91 Å². The first-order valence-electron chi connectivity index (χ1n) is 6.79. The highest BCUT2D eigenvalue weighted by molar-refractivity contribution is 8.18. The van der Waals surface area contributed by atoms with E-state index in [0.29, 0.717) is 23.1 Å². The largest absolute Gasteiger partial charge is 0.496 e. The molecule has 0 unspecified atom stereocenters. The fourth-order valence-corrected chi connectivity index (χ4v) is 2.77. The summed E-state index contributed by atoms with van der Waals surface area (Å²) >= 11 is 0.709. The standard InChI is InChI=1S/C15H14N2O6S/c1-23-10-5-3-2-4-9(10)6-11-14(21)17(15(22)24-11)8-12(18)16-7-13(19)20/h2-6H,7-8H2,1H3,(H,16,18)(H,19,20)/b11-6-. The number of hydrogen-bond acceptors (Lipinski definition) is 6. The van der Waals surface area contributed by atoms with Crippen LogP contribution in [-0.4, -0.2) is 53.2 Å².